The predicted molar refractivity (Wildman–Crippen MR) is 81.4 cm³/mol. The van der Waals surface area contributed by atoms with E-state index in [4.69, 9.17) is 4.74 Å². The van der Waals surface area contributed by atoms with Crippen LogP contribution in [-0.4, -0.2) is 33.2 Å². The summed E-state index contributed by atoms with van der Waals surface area (Å²) in [5.41, 5.74) is 0.980. The molecule has 0 bridgehead atoms. The molecule has 3 rings (SSSR count). The minimum atomic E-state index is -0.378. The van der Waals surface area contributed by atoms with Crippen molar-refractivity contribution < 1.29 is 9.53 Å². The van der Waals surface area contributed by atoms with Gasteiger partial charge >= 0.3 is 5.97 Å². The molecule has 0 atom stereocenters. The van der Waals surface area contributed by atoms with Crippen molar-refractivity contribution in [2.24, 2.45) is 5.41 Å². The van der Waals surface area contributed by atoms with Crippen molar-refractivity contribution in [3.8, 4) is 0 Å². The zero-order valence-corrected chi connectivity index (χ0v) is 13.4. The van der Waals surface area contributed by atoms with Crippen molar-refractivity contribution in [3.05, 3.63) is 5.69 Å². The molecule has 1 spiro atoms. The minimum Gasteiger partial charge on any atom is -0.461 e. The smallest absolute Gasteiger partial charge is 0.361 e. The van der Waals surface area contributed by atoms with Crippen LogP contribution in [0.1, 0.15) is 68.8 Å². The van der Waals surface area contributed by atoms with E-state index >= 15 is 0 Å². The highest BCUT2D eigenvalue weighted by molar-refractivity contribution is 7.99. The fourth-order valence-electron chi connectivity index (χ4n) is 3.74. The first-order chi connectivity index (χ1) is 10.2. The van der Waals surface area contributed by atoms with Gasteiger partial charge in [-0.05, 0) is 50.9 Å². The second kappa shape index (κ2) is 6.38. The molecule has 6 heteroatoms. The van der Waals surface area contributed by atoms with Gasteiger partial charge in [0.2, 0.25) is 5.69 Å². The van der Waals surface area contributed by atoms with Gasteiger partial charge in [0.15, 0.2) is 5.03 Å². The van der Waals surface area contributed by atoms with Crippen molar-refractivity contribution in [3.63, 3.8) is 0 Å². The van der Waals surface area contributed by atoms with E-state index in [1.54, 1.807) is 18.7 Å². The van der Waals surface area contributed by atoms with Gasteiger partial charge in [-0.1, -0.05) is 24.6 Å². The Morgan fingerprint density at radius 3 is 2.67 bits per heavy atom. The number of thioether (sulfide) groups is 1. The Labute approximate surface area is 129 Å². The summed E-state index contributed by atoms with van der Waals surface area (Å²) in [7, 11) is 0. The Morgan fingerprint density at radius 1 is 1.29 bits per heavy atom. The third-order valence-corrected chi connectivity index (χ3v) is 6.23. The highest BCUT2D eigenvalue weighted by Gasteiger charge is 2.38. The number of H-pyrrole nitrogens is 1. The van der Waals surface area contributed by atoms with Crippen LogP contribution >= 0.6 is 11.8 Å². The fourth-order valence-corrected chi connectivity index (χ4v) is 4.86. The van der Waals surface area contributed by atoms with Gasteiger partial charge in [0.05, 0.1) is 6.61 Å². The number of nitrogens with one attached hydrogen (secondary N) is 1. The normalized spacial score (nSPS) is 21.8. The monoisotopic (exact) mass is 309 g/mol. The minimum absolute atomic E-state index is 0.336. The molecule has 21 heavy (non-hydrogen) atoms. The van der Waals surface area contributed by atoms with E-state index in [-0.39, 0.29) is 5.97 Å². The summed E-state index contributed by atoms with van der Waals surface area (Å²) in [4.78, 5) is 11.8. The van der Waals surface area contributed by atoms with Gasteiger partial charge in [0.1, 0.15) is 0 Å². The van der Waals surface area contributed by atoms with Crippen molar-refractivity contribution in [2.45, 2.75) is 68.6 Å². The maximum atomic E-state index is 11.8. The molecule has 0 radical (unpaired) electrons. The molecule has 5 nitrogen and oxygen atoms in total. The van der Waals surface area contributed by atoms with Crippen molar-refractivity contribution in [2.75, 3.05) is 6.61 Å². The Kier molecular flexibility index (Phi) is 4.52. The summed E-state index contributed by atoms with van der Waals surface area (Å²) in [6.45, 7) is 2.16. The Balaban J connectivity index is 1.58. The van der Waals surface area contributed by atoms with Crippen molar-refractivity contribution in [1.82, 2.24) is 15.4 Å². The van der Waals surface area contributed by atoms with E-state index in [0.29, 0.717) is 28.0 Å². The summed E-state index contributed by atoms with van der Waals surface area (Å²) in [5.74, 6) is -0.378. The molecule has 2 aliphatic carbocycles. The second-order valence-corrected chi connectivity index (χ2v) is 7.51. The summed E-state index contributed by atoms with van der Waals surface area (Å²) < 4.78 is 5.02. The second-order valence-electron chi connectivity index (χ2n) is 6.22. The Morgan fingerprint density at radius 2 is 2.00 bits per heavy atom. The molecule has 1 heterocycles. The van der Waals surface area contributed by atoms with E-state index in [2.05, 4.69) is 15.4 Å². The zero-order chi connectivity index (χ0) is 14.7. The quantitative estimate of drug-likeness (QED) is 0.861. The topological polar surface area (TPSA) is 67.9 Å². The van der Waals surface area contributed by atoms with Crippen molar-refractivity contribution in [1.29, 1.82) is 0 Å². The zero-order valence-electron chi connectivity index (χ0n) is 12.6. The van der Waals surface area contributed by atoms with Crippen LogP contribution < -0.4 is 0 Å². The average molecular weight is 309 g/mol. The third-order valence-electron chi connectivity index (χ3n) is 4.92. The highest BCUT2D eigenvalue weighted by Crippen LogP contribution is 2.51. The van der Waals surface area contributed by atoms with Gasteiger partial charge in [0.25, 0.3) is 0 Å². The van der Waals surface area contributed by atoms with Crippen LogP contribution in [0, 0.1) is 5.41 Å². The lowest BCUT2D eigenvalue weighted by Gasteiger charge is -2.36. The summed E-state index contributed by atoms with van der Waals surface area (Å²) in [6.07, 6.45) is 10.8. The van der Waals surface area contributed by atoms with Gasteiger partial charge in [-0.25, -0.2) is 4.79 Å². The molecule has 1 aromatic heterocycles. The first-order valence-electron chi connectivity index (χ1n) is 7.97. The molecule has 0 amide bonds. The van der Waals surface area contributed by atoms with Gasteiger partial charge < -0.3 is 4.74 Å². The molecule has 2 aliphatic rings. The number of esters is 1. The molecule has 1 aromatic rings. The molecule has 1 N–H and O–H groups in total. The van der Waals surface area contributed by atoms with Crippen LogP contribution in [0.15, 0.2) is 5.03 Å². The standard InChI is InChI=1S/C15H23N3O2S/c1-2-20-14(19)12-13(17-18-16-12)21-11-5-9-15(10-6-11)7-3-4-8-15/h11H,2-10H2,1H3,(H,16,17,18). The van der Waals surface area contributed by atoms with Gasteiger partial charge in [0, 0.05) is 5.25 Å². The van der Waals surface area contributed by atoms with E-state index < -0.39 is 0 Å². The lowest BCUT2D eigenvalue weighted by Crippen LogP contribution is -2.25. The molecule has 0 aromatic carbocycles. The van der Waals surface area contributed by atoms with Crippen LogP contribution in [0.2, 0.25) is 0 Å². The van der Waals surface area contributed by atoms with Crippen LogP contribution in [-0.2, 0) is 4.74 Å². The maximum absolute atomic E-state index is 11.8. The largest absolute Gasteiger partial charge is 0.461 e. The Hall–Kier alpha value is -1.04. The van der Waals surface area contributed by atoms with Crippen LogP contribution in [0.5, 0.6) is 0 Å². The maximum Gasteiger partial charge on any atom is 0.361 e. The summed E-state index contributed by atoms with van der Waals surface area (Å²) in [6, 6.07) is 0. The number of aromatic amines is 1. The van der Waals surface area contributed by atoms with Crippen LogP contribution in [0.25, 0.3) is 0 Å². The molecule has 0 saturated heterocycles. The number of rotatable bonds is 4. The lowest BCUT2D eigenvalue weighted by molar-refractivity contribution is 0.0515. The Bertz CT molecular complexity index is 487. The lowest BCUT2D eigenvalue weighted by atomic mass is 9.73. The van der Waals surface area contributed by atoms with E-state index in [9.17, 15) is 4.79 Å². The molecule has 0 aliphatic heterocycles. The fraction of sp³-hybridized carbons (Fsp3) is 0.800. The number of carbonyl (C=O) groups excluding carboxylic acids is 1. The number of hydrogen-bond donors (Lipinski definition) is 1. The number of nitrogens with zero attached hydrogens (tertiary/aromatic N) is 2. The molecule has 2 saturated carbocycles. The van der Waals surface area contributed by atoms with Crippen LogP contribution in [0.3, 0.4) is 0 Å². The van der Waals surface area contributed by atoms with Gasteiger partial charge in [-0.3, -0.25) is 0 Å². The molecule has 2 fully saturated rings. The number of carbonyl (C=O) groups is 1. The highest BCUT2D eigenvalue weighted by atomic mass is 32.2. The van der Waals surface area contributed by atoms with E-state index in [0.717, 1.165) is 0 Å². The summed E-state index contributed by atoms with van der Waals surface area (Å²) in [5, 5.41) is 11.9. The number of aromatic nitrogens is 3. The number of ether oxygens (including phenoxy) is 1. The molecule has 116 valence electrons. The third kappa shape index (κ3) is 3.25. The predicted octanol–water partition coefficient (Wildman–Crippen LogP) is 3.58. The SMILES string of the molecule is CCOC(=O)c1n[nH]nc1SC1CCC2(CCCC2)CC1. The first-order valence-corrected chi connectivity index (χ1v) is 8.85. The van der Waals surface area contributed by atoms with Crippen molar-refractivity contribution >= 4 is 17.7 Å². The van der Waals surface area contributed by atoms with E-state index in [1.807, 2.05) is 0 Å². The molecular weight excluding hydrogens is 286 g/mol. The van der Waals surface area contributed by atoms with Crippen LogP contribution in [0.4, 0.5) is 0 Å². The first kappa shape index (κ1) is 14.9. The molecule has 0 unspecified atom stereocenters. The summed E-state index contributed by atoms with van der Waals surface area (Å²) >= 11 is 1.69. The average Bonchev–Trinajstić information content (AvgIpc) is 3.12. The molecular formula is C15H23N3O2S. The number of hydrogen-bond acceptors (Lipinski definition) is 5. The van der Waals surface area contributed by atoms with Gasteiger partial charge in [-0.15, -0.1) is 10.2 Å². The van der Waals surface area contributed by atoms with Gasteiger partial charge in [-0.2, -0.15) is 5.21 Å². The van der Waals surface area contributed by atoms with E-state index in [1.165, 1.54) is 51.4 Å².